The molecule has 2 rings (SSSR count). The number of hydrogen-bond donors (Lipinski definition) is 1. The molecular formula is C22H33NO4Si. The van der Waals surface area contributed by atoms with E-state index in [2.05, 4.69) is 51.3 Å². The zero-order chi connectivity index (χ0) is 20.8. The summed E-state index contributed by atoms with van der Waals surface area (Å²) in [7, 11) is -0.729. The van der Waals surface area contributed by atoms with Crippen molar-refractivity contribution in [3.8, 4) is 0 Å². The third kappa shape index (κ3) is 5.80. The predicted octanol–water partition coefficient (Wildman–Crippen LogP) is 4.92. The molecule has 0 spiro atoms. The first-order chi connectivity index (χ1) is 13.2. The molecule has 2 aromatic rings. The molecule has 154 valence electrons. The molecule has 5 nitrogen and oxygen atoms in total. The minimum Gasteiger partial charge on any atom is -0.469 e. The monoisotopic (exact) mass is 403 g/mol. The zero-order valence-electron chi connectivity index (χ0n) is 17.8. The maximum atomic E-state index is 12.7. The number of carbonyl (C=O) groups is 1. The fraction of sp³-hybridized carbons (Fsp3) is 0.500. The Morgan fingerprint density at radius 1 is 1.14 bits per heavy atom. The Bertz CT molecular complexity index is 723. The van der Waals surface area contributed by atoms with Crippen molar-refractivity contribution in [1.82, 2.24) is 5.32 Å². The van der Waals surface area contributed by atoms with Gasteiger partial charge in [-0.05, 0) is 35.8 Å². The second-order valence-electron chi connectivity index (χ2n) is 8.56. The third-order valence-electron chi connectivity index (χ3n) is 5.46. The van der Waals surface area contributed by atoms with Gasteiger partial charge in [-0.25, -0.2) is 0 Å². The normalized spacial score (nSPS) is 14.5. The summed E-state index contributed by atoms with van der Waals surface area (Å²) in [4.78, 5) is 12.7. The van der Waals surface area contributed by atoms with Crippen molar-refractivity contribution in [1.29, 1.82) is 0 Å². The summed E-state index contributed by atoms with van der Waals surface area (Å²) >= 11 is 0. The second kappa shape index (κ2) is 9.54. The van der Waals surface area contributed by atoms with Gasteiger partial charge in [-0.15, -0.1) is 0 Å². The highest BCUT2D eigenvalue weighted by Gasteiger charge is 2.43. The first-order valence-corrected chi connectivity index (χ1v) is 12.6. The number of methoxy groups -OCH3 is 1. The van der Waals surface area contributed by atoms with Gasteiger partial charge in [-0.1, -0.05) is 51.1 Å². The van der Waals surface area contributed by atoms with Crippen LogP contribution >= 0.6 is 0 Å². The van der Waals surface area contributed by atoms with Crippen LogP contribution in [-0.4, -0.2) is 27.9 Å². The molecular weight excluding hydrogens is 370 g/mol. The van der Waals surface area contributed by atoms with Crippen LogP contribution < -0.4 is 5.32 Å². The van der Waals surface area contributed by atoms with E-state index in [4.69, 9.17) is 13.6 Å². The van der Waals surface area contributed by atoms with Crippen molar-refractivity contribution in [2.75, 3.05) is 13.7 Å². The first-order valence-electron chi connectivity index (χ1n) is 9.69. The number of ether oxygens (including phenoxy) is 1. The van der Waals surface area contributed by atoms with E-state index in [1.54, 1.807) is 6.26 Å². The van der Waals surface area contributed by atoms with E-state index in [1.165, 1.54) is 7.11 Å². The van der Waals surface area contributed by atoms with Gasteiger partial charge in [0.25, 0.3) is 0 Å². The molecule has 1 aromatic carbocycles. The second-order valence-corrected chi connectivity index (χ2v) is 13.3. The van der Waals surface area contributed by atoms with Gasteiger partial charge in [0.2, 0.25) is 0 Å². The van der Waals surface area contributed by atoms with Crippen LogP contribution in [0.2, 0.25) is 18.1 Å². The van der Waals surface area contributed by atoms with Gasteiger partial charge in [-0.3, -0.25) is 4.79 Å². The Morgan fingerprint density at radius 3 is 2.36 bits per heavy atom. The van der Waals surface area contributed by atoms with Crippen molar-refractivity contribution in [2.45, 2.75) is 51.6 Å². The van der Waals surface area contributed by atoms with Crippen molar-refractivity contribution in [2.24, 2.45) is 5.92 Å². The van der Waals surface area contributed by atoms with E-state index in [9.17, 15) is 4.79 Å². The summed E-state index contributed by atoms with van der Waals surface area (Å²) in [5.74, 6) is -0.156. The van der Waals surface area contributed by atoms with E-state index >= 15 is 0 Å². The van der Waals surface area contributed by atoms with Crippen molar-refractivity contribution < 1.29 is 18.4 Å². The summed E-state index contributed by atoms with van der Waals surface area (Å²) in [5, 5.41) is 3.39. The van der Waals surface area contributed by atoms with E-state index in [0.717, 1.165) is 5.56 Å². The molecule has 0 saturated carbocycles. The largest absolute Gasteiger partial charge is 0.469 e. The Hall–Kier alpha value is -1.89. The lowest BCUT2D eigenvalue weighted by molar-refractivity contribution is -0.149. The Morgan fingerprint density at radius 2 is 1.82 bits per heavy atom. The van der Waals surface area contributed by atoms with Gasteiger partial charge in [0.1, 0.15) is 17.8 Å². The average Bonchev–Trinajstić information content (AvgIpc) is 3.17. The molecule has 1 N–H and O–H groups in total. The lowest BCUT2D eigenvalue weighted by atomic mass is 10.0. The van der Waals surface area contributed by atoms with Crippen LogP contribution in [0.25, 0.3) is 0 Å². The van der Waals surface area contributed by atoms with Gasteiger partial charge >= 0.3 is 5.97 Å². The van der Waals surface area contributed by atoms with Crippen LogP contribution in [0.1, 0.15) is 38.2 Å². The molecule has 1 aromatic heterocycles. The Kier molecular flexibility index (Phi) is 7.63. The van der Waals surface area contributed by atoms with E-state index < -0.39 is 20.3 Å². The SMILES string of the molecule is COC(=O)[C@@H](CNCc1ccccc1)[C@H](O[Si](C)(C)C(C)(C)C)c1ccco1. The van der Waals surface area contributed by atoms with Gasteiger partial charge < -0.3 is 18.9 Å². The summed E-state index contributed by atoms with van der Waals surface area (Å²) in [6.07, 6.45) is 1.12. The molecule has 2 atom stereocenters. The first kappa shape index (κ1) is 22.4. The Balaban J connectivity index is 2.22. The highest BCUT2D eigenvalue weighted by Crippen LogP contribution is 2.42. The summed E-state index contributed by atoms with van der Waals surface area (Å²) in [6, 6.07) is 13.8. The van der Waals surface area contributed by atoms with E-state index in [-0.39, 0.29) is 11.0 Å². The number of rotatable bonds is 9. The molecule has 6 heteroatoms. The number of benzene rings is 1. The molecule has 0 aliphatic heterocycles. The van der Waals surface area contributed by atoms with Crippen molar-refractivity contribution >= 4 is 14.3 Å². The van der Waals surface area contributed by atoms with Crippen LogP contribution in [-0.2, 0) is 20.5 Å². The third-order valence-corrected chi connectivity index (χ3v) is 9.91. The molecule has 28 heavy (non-hydrogen) atoms. The quantitative estimate of drug-likeness (QED) is 0.475. The number of hydrogen-bond acceptors (Lipinski definition) is 5. The molecule has 0 radical (unpaired) electrons. The number of carbonyl (C=O) groups excluding carboxylic acids is 1. The van der Waals surface area contributed by atoms with Gasteiger partial charge in [-0.2, -0.15) is 0 Å². The van der Waals surface area contributed by atoms with Crippen molar-refractivity contribution in [3.05, 3.63) is 60.1 Å². The van der Waals surface area contributed by atoms with Crippen LogP contribution in [0.5, 0.6) is 0 Å². The van der Waals surface area contributed by atoms with Crippen LogP contribution in [0.4, 0.5) is 0 Å². The lowest BCUT2D eigenvalue weighted by Crippen LogP contribution is -2.45. The fourth-order valence-electron chi connectivity index (χ4n) is 2.72. The summed E-state index contributed by atoms with van der Waals surface area (Å²) in [6.45, 7) is 12.0. The van der Waals surface area contributed by atoms with Crippen LogP contribution in [0.3, 0.4) is 0 Å². The topological polar surface area (TPSA) is 60.7 Å². The molecule has 0 bridgehead atoms. The van der Waals surface area contributed by atoms with Gasteiger partial charge in [0, 0.05) is 13.1 Å². The minimum absolute atomic E-state index is 0.00990. The van der Waals surface area contributed by atoms with E-state index in [0.29, 0.717) is 18.8 Å². The number of nitrogens with one attached hydrogen (secondary N) is 1. The van der Waals surface area contributed by atoms with Crippen LogP contribution in [0, 0.1) is 5.92 Å². The zero-order valence-corrected chi connectivity index (χ0v) is 18.8. The molecule has 1 heterocycles. The molecule has 0 fully saturated rings. The highest BCUT2D eigenvalue weighted by molar-refractivity contribution is 6.74. The van der Waals surface area contributed by atoms with Crippen LogP contribution in [0.15, 0.2) is 53.1 Å². The smallest absolute Gasteiger partial charge is 0.313 e. The molecule has 0 saturated heterocycles. The molecule has 0 aliphatic carbocycles. The maximum absolute atomic E-state index is 12.7. The van der Waals surface area contributed by atoms with Crippen molar-refractivity contribution in [3.63, 3.8) is 0 Å². The fourth-order valence-corrected chi connectivity index (χ4v) is 3.99. The average molecular weight is 404 g/mol. The van der Waals surface area contributed by atoms with E-state index in [1.807, 2.05) is 30.3 Å². The molecule has 0 aliphatic rings. The number of furan rings is 1. The lowest BCUT2D eigenvalue weighted by Gasteiger charge is -2.40. The standard InChI is InChI=1S/C22H33NO4Si/c1-22(2,3)28(5,6)27-20(19-13-10-14-26-19)18(21(24)25-4)16-23-15-17-11-8-7-9-12-17/h7-14,18,20,23H,15-16H2,1-6H3/t18-,20-/m0/s1. The van der Waals surface area contributed by atoms with Gasteiger partial charge in [0.15, 0.2) is 8.32 Å². The molecule has 0 unspecified atom stereocenters. The number of esters is 1. The van der Waals surface area contributed by atoms with Gasteiger partial charge in [0.05, 0.1) is 13.4 Å². The maximum Gasteiger partial charge on any atom is 0.313 e. The summed E-state index contributed by atoms with van der Waals surface area (Å²) < 4.78 is 17.4. The Labute approximate surface area is 169 Å². The predicted molar refractivity (Wildman–Crippen MR) is 113 cm³/mol. The highest BCUT2D eigenvalue weighted by atomic mass is 28.4. The minimum atomic E-state index is -2.14. The summed E-state index contributed by atoms with van der Waals surface area (Å²) in [5.41, 5.74) is 1.16. The molecule has 0 amide bonds.